The summed E-state index contributed by atoms with van der Waals surface area (Å²) in [5, 5.41) is 9.02. The van der Waals surface area contributed by atoms with Crippen LogP contribution >= 0.6 is 11.3 Å². The summed E-state index contributed by atoms with van der Waals surface area (Å²) in [5.74, 6) is 0. The van der Waals surface area contributed by atoms with E-state index in [4.69, 9.17) is 0 Å². The summed E-state index contributed by atoms with van der Waals surface area (Å²) >= 11 is 1.90. The molecule has 3 heteroatoms. The molecule has 0 saturated heterocycles. The molecule has 0 amide bonds. The van der Waals surface area contributed by atoms with Gasteiger partial charge in [0.1, 0.15) is 0 Å². The summed E-state index contributed by atoms with van der Waals surface area (Å²) in [7, 11) is 0. The molecule has 0 spiro atoms. The first-order chi connectivity index (χ1) is 27.2. The molecule has 2 nitrogen and oxygen atoms in total. The van der Waals surface area contributed by atoms with E-state index in [2.05, 4.69) is 199 Å². The number of thiophene rings is 1. The SMILES string of the molecule is C/C(c1ccccc1Nc1ccccc1)=c1/sc2ccccc2/c1=C1/CN(c2ccc(-c3ccc4c5c(cccc35)-c3ccccc3-4)cc2)c2ccccc21. The number of para-hydroxylation sites is 3. The van der Waals surface area contributed by atoms with Crippen molar-refractivity contribution in [3.63, 3.8) is 0 Å². The number of fused-ring (bicyclic) bond motifs is 5. The van der Waals surface area contributed by atoms with Gasteiger partial charge in [0.05, 0.1) is 0 Å². The van der Waals surface area contributed by atoms with Gasteiger partial charge in [0.2, 0.25) is 0 Å². The third kappa shape index (κ3) is 5.08. The van der Waals surface area contributed by atoms with E-state index >= 15 is 0 Å². The predicted molar refractivity (Wildman–Crippen MR) is 235 cm³/mol. The van der Waals surface area contributed by atoms with Crippen molar-refractivity contribution in [1.82, 2.24) is 0 Å². The first kappa shape index (κ1) is 31.8. The molecule has 9 aromatic rings. The second-order valence-electron chi connectivity index (χ2n) is 14.5. The molecule has 2 aliphatic rings. The van der Waals surface area contributed by atoms with Crippen LogP contribution in [0.4, 0.5) is 22.7 Å². The van der Waals surface area contributed by atoms with Gasteiger partial charge >= 0.3 is 0 Å². The van der Waals surface area contributed by atoms with Crippen molar-refractivity contribution < 1.29 is 0 Å². The molecule has 1 aliphatic carbocycles. The van der Waals surface area contributed by atoms with Gasteiger partial charge in [-0.2, -0.15) is 0 Å². The highest BCUT2D eigenvalue weighted by Crippen LogP contribution is 2.49. The maximum Gasteiger partial charge on any atom is 0.0495 e. The van der Waals surface area contributed by atoms with Crippen LogP contribution in [-0.4, -0.2) is 6.54 Å². The molecule has 0 radical (unpaired) electrons. The van der Waals surface area contributed by atoms with Crippen molar-refractivity contribution in [2.45, 2.75) is 6.92 Å². The molecule has 1 aromatic heterocycles. The maximum atomic E-state index is 3.70. The Morgan fingerprint density at radius 3 is 2.00 bits per heavy atom. The van der Waals surface area contributed by atoms with E-state index in [1.165, 1.54) is 97.6 Å². The van der Waals surface area contributed by atoms with Gasteiger partial charge in [0, 0.05) is 60.3 Å². The third-order valence-electron chi connectivity index (χ3n) is 11.5. The monoisotopic (exact) mass is 720 g/mol. The number of hydrogen-bond donors (Lipinski definition) is 1. The van der Waals surface area contributed by atoms with Gasteiger partial charge in [0.25, 0.3) is 0 Å². The highest BCUT2D eigenvalue weighted by molar-refractivity contribution is 7.17. The van der Waals surface area contributed by atoms with E-state index in [1.807, 2.05) is 11.3 Å². The molecule has 1 aliphatic heterocycles. The summed E-state index contributed by atoms with van der Waals surface area (Å²) in [5.41, 5.74) is 17.6. The zero-order valence-corrected chi connectivity index (χ0v) is 31.2. The van der Waals surface area contributed by atoms with Gasteiger partial charge in [-0.1, -0.05) is 140 Å². The molecule has 260 valence electrons. The van der Waals surface area contributed by atoms with E-state index < -0.39 is 0 Å². The lowest BCUT2D eigenvalue weighted by molar-refractivity contribution is 1.16. The van der Waals surface area contributed by atoms with E-state index in [1.54, 1.807) is 0 Å². The summed E-state index contributed by atoms with van der Waals surface area (Å²) < 4.78 is 2.63. The number of rotatable bonds is 5. The number of nitrogens with one attached hydrogen (secondary N) is 1. The van der Waals surface area contributed by atoms with Crippen molar-refractivity contribution in [2.24, 2.45) is 0 Å². The first-order valence-electron chi connectivity index (χ1n) is 19.0. The maximum absolute atomic E-state index is 3.70. The van der Waals surface area contributed by atoms with Gasteiger partial charge < -0.3 is 10.2 Å². The third-order valence-corrected chi connectivity index (χ3v) is 12.8. The number of hydrogen-bond acceptors (Lipinski definition) is 3. The van der Waals surface area contributed by atoms with Crippen molar-refractivity contribution in [3.05, 3.63) is 203 Å². The van der Waals surface area contributed by atoms with Crippen molar-refractivity contribution in [1.29, 1.82) is 0 Å². The van der Waals surface area contributed by atoms with Crippen molar-refractivity contribution in [3.8, 4) is 33.4 Å². The van der Waals surface area contributed by atoms with Gasteiger partial charge in [-0.05, 0) is 105 Å². The lowest BCUT2D eigenvalue weighted by Crippen LogP contribution is -2.27. The number of anilines is 4. The fourth-order valence-electron chi connectivity index (χ4n) is 8.95. The minimum absolute atomic E-state index is 0.795. The highest BCUT2D eigenvalue weighted by atomic mass is 32.1. The van der Waals surface area contributed by atoms with E-state index in [0.717, 1.165) is 17.9 Å². The second kappa shape index (κ2) is 12.7. The van der Waals surface area contributed by atoms with E-state index in [9.17, 15) is 0 Å². The highest BCUT2D eigenvalue weighted by Gasteiger charge is 2.27. The largest absolute Gasteiger partial charge is 0.355 e. The molecule has 0 atom stereocenters. The van der Waals surface area contributed by atoms with Crippen LogP contribution in [0.5, 0.6) is 0 Å². The fraction of sp³-hybridized carbons (Fsp3) is 0.0385. The average Bonchev–Trinajstić information content (AvgIpc) is 3.92. The van der Waals surface area contributed by atoms with Crippen molar-refractivity contribution >= 4 is 66.1 Å². The summed E-state index contributed by atoms with van der Waals surface area (Å²) in [4.78, 5) is 2.50. The summed E-state index contributed by atoms with van der Waals surface area (Å²) in [6.45, 7) is 3.08. The Labute approximate surface area is 324 Å². The molecule has 8 aromatic carbocycles. The van der Waals surface area contributed by atoms with Crippen LogP contribution in [0.15, 0.2) is 182 Å². The quantitative estimate of drug-likeness (QED) is 0.190. The predicted octanol–water partition coefficient (Wildman–Crippen LogP) is 12.7. The smallest absolute Gasteiger partial charge is 0.0495 e. The molecular weight excluding hydrogens is 685 g/mol. The minimum Gasteiger partial charge on any atom is -0.355 e. The Bertz CT molecular complexity index is 3070. The van der Waals surface area contributed by atoms with Crippen molar-refractivity contribution in [2.75, 3.05) is 16.8 Å². The Morgan fingerprint density at radius 2 is 1.16 bits per heavy atom. The Hall–Kier alpha value is -6.68. The summed E-state index contributed by atoms with van der Waals surface area (Å²) in [6, 6.07) is 66.4. The van der Waals surface area contributed by atoms with Crippen LogP contribution in [0.2, 0.25) is 0 Å². The van der Waals surface area contributed by atoms with E-state index in [-0.39, 0.29) is 0 Å². The molecular formula is C52H36N2S. The lowest BCUT2D eigenvalue weighted by atomic mass is 9.94. The second-order valence-corrected chi connectivity index (χ2v) is 15.6. The van der Waals surface area contributed by atoms with Crippen LogP contribution in [0, 0.1) is 0 Å². The molecule has 55 heavy (non-hydrogen) atoms. The fourth-order valence-corrected chi connectivity index (χ4v) is 10.2. The normalized spacial score (nSPS) is 14.3. The zero-order chi connectivity index (χ0) is 36.5. The molecule has 0 bridgehead atoms. The molecule has 2 heterocycles. The van der Waals surface area contributed by atoms with Gasteiger partial charge in [0.15, 0.2) is 0 Å². The first-order valence-corrected chi connectivity index (χ1v) is 19.8. The molecule has 1 N–H and O–H groups in total. The van der Waals surface area contributed by atoms with Crippen LogP contribution in [-0.2, 0) is 0 Å². The standard InChI is InChI=1S/C52H36N2S/c1-33(37-16-7-10-23-47(37)53-35-14-3-2-4-15-35)52-51(45-20-9-12-25-49(45)55-52)46-32-54(48-24-11-8-19-41(46)48)36-28-26-34(27-29-36)38-30-31-44-40-18-6-5-17-39(40)43-22-13-21-42(38)50(43)44/h2-31,53H,32H2,1H3/b51-46+,52-33-. The Kier molecular flexibility index (Phi) is 7.36. The lowest BCUT2D eigenvalue weighted by Gasteiger charge is -2.20. The molecule has 0 saturated carbocycles. The number of nitrogens with zero attached hydrogens (tertiary/aromatic N) is 1. The molecule has 11 rings (SSSR count). The molecule has 0 fully saturated rings. The Balaban J connectivity index is 1.04. The minimum atomic E-state index is 0.795. The average molecular weight is 721 g/mol. The van der Waals surface area contributed by atoms with Gasteiger partial charge in [-0.15, -0.1) is 11.3 Å². The Morgan fingerprint density at radius 1 is 0.527 bits per heavy atom. The van der Waals surface area contributed by atoms with E-state index in [0.29, 0.717) is 0 Å². The zero-order valence-electron chi connectivity index (χ0n) is 30.4. The summed E-state index contributed by atoms with van der Waals surface area (Å²) in [6.07, 6.45) is 0. The van der Waals surface area contributed by atoms with Crippen LogP contribution < -0.4 is 20.0 Å². The number of benzene rings is 8. The van der Waals surface area contributed by atoms with Crippen LogP contribution in [0.3, 0.4) is 0 Å². The van der Waals surface area contributed by atoms with Gasteiger partial charge in [-0.25, -0.2) is 0 Å². The topological polar surface area (TPSA) is 15.3 Å². The molecule has 0 unspecified atom stereocenters. The van der Waals surface area contributed by atoms with Crippen LogP contribution in [0.25, 0.3) is 65.4 Å². The van der Waals surface area contributed by atoms with Crippen LogP contribution in [0.1, 0.15) is 18.1 Å². The van der Waals surface area contributed by atoms with Gasteiger partial charge in [-0.3, -0.25) is 0 Å².